The van der Waals surface area contributed by atoms with Gasteiger partial charge in [0.2, 0.25) is 5.91 Å². The lowest BCUT2D eigenvalue weighted by molar-refractivity contribution is -0.113. The highest BCUT2D eigenvalue weighted by Gasteiger charge is 2.12. The highest BCUT2D eigenvalue weighted by Crippen LogP contribution is 2.10. The van der Waals surface area contributed by atoms with Gasteiger partial charge >= 0.3 is 0 Å². The minimum atomic E-state index is -4.29. The second-order valence-corrected chi connectivity index (χ2v) is 4.35. The Morgan fingerprint density at radius 1 is 1.33 bits per heavy atom. The van der Waals surface area contributed by atoms with E-state index in [1.165, 1.54) is 12.1 Å². The first-order valence-corrected chi connectivity index (χ1v) is 5.58. The largest absolute Gasteiger partial charge is 0.399 e. The molecule has 1 rings (SSSR count). The summed E-state index contributed by atoms with van der Waals surface area (Å²) in [4.78, 5) is 11.0. The van der Waals surface area contributed by atoms with Crippen molar-refractivity contribution in [3.63, 3.8) is 0 Å². The summed E-state index contributed by atoms with van der Waals surface area (Å²) in [6.45, 7) is 0. The molecular weight excluding hydrogens is 220 g/mol. The minimum Gasteiger partial charge on any atom is -0.399 e. The van der Waals surface area contributed by atoms with Gasteiger partial charge in [-0.25, -0.2) is 0 Å². The van der Waals surface area contributed by atoms with Crippen LogP contribution in [0.2, 0.25) is 0 Å². The average Bonchev–Trinajstić information content (AvgIpc) is 2.05. The molecule has 0 bridgehead atoms. The van der Waals surface area contributed by atoms with Crippen LogP contribution in [-0.4, -0.2) is 24.6 Å². The minimum absolute atomic E-state index is 0.415. The van der Waals surface area contributed by atoms with Gasteiger partial charge in [-0.15, -0.1) is 0 Å². The first kappa shape index (κ1) is 11.5. The van der Waals surface area contributed by atoms with Gasteiger partial charge in [-0.2, -0.15) is 8.42 Å². The molecule has 0 aliphatic rings. The lowest BCUT2D eigenvalue weighted by atomic mass is 10.3. The summed E-state index contributed by atoms with van der Waals surface area (Å²) < 4.78 is 29.1. The Balaban J connectivity index is 2.63. The number of anilines is 2. The molecule has 82 valence electrons. The van der Waals surface area contributed by atoms with Crippen LogP contribution in [0.4, 0.5) is 11.4 Å². The van der Waals surface area contributed by atoms with E-state index in [0.29, 0.717) is 11.4 Å². The molecular formula is C8H10N2O4S. The third-order valence-corrected chi connectivity index (χ3v) is 2.13. The van der Waals surface area contributed by atoms with Crippen LogP contribution in [0.3, 0.4) is 0 Å². The summed E-state index contributed by atoms with van der Waals surface area (Å²) in [6, 6.07) is 6.17. The first-order chi connectivity index (χ1) is 6.87. The monoisotopic (exact) mass is 230 g/mol. The molecule has 0 saturated carbocycles. The van der Waals surface area contributed by atoms with E-state index in [4.69, 9.17) is 10.3 Å². The number of rotatable bonds is 3. The van der Waals surface area contributed by atoms with Crippen LogP contribution in [0.1, 0.15) is 0 Å². The molecule has 1 amide bonds. The van der Waals surface area contributed by atoms with Gasteiger partial charge in [-0.3, -0.25) is 9.35 Å². The molecule has 0 atom stereocenters. The highest BCUT2D eigenvalue weighted by atomic mass is 32.2. The average molecular weight is 230 g/mol. The molecule has 6 nitrogen and oxygen atoms in total. The fourth-order valence-electron chi connectivity index (χ4n) is 0.929. The number of amides is 1. The number of benzene rings is 1. The Hall–Kier alpha value is -1.60. The second-order valence-electron chi connectivity index (χ2n) is 2.90. The Kier molecular flexibility index (Phi) is 3.28. The van der Waals surface area contributed by atoms with E-state index in [9.17, 15) is 13.2 Å². The van der Waals surface area contributed by atoms with Crippen LogP contribution in [0, 0.1) is 0 Å². The van der Waals surface area contributed by atoms with Gasteiger partial charge in [0.25, 0.3) is 10.1 Å². The number of nitrogens with two attached hydrogens (primary N) is 1. The number of carbonyl (C=O) groups is 1. The van der Waals surface area contributed by atoms with Crippen molar-refractivity contribution in [2.24, 2.45) is 0 Å². The molecule has 0 saturated heterocycles. The number of nitrogen functional groups attached to an aromatic ring is 1. The fourth-order valence-corrected chi connectivity index (χ4v) is 1.33. The second kappa shape index (κ2) is 4.28. The molecule has 1 aromatic rings. The van der Waals surface area contributed by atoms with Gasteiger partial charge in [-0.05, 0) is 24.3 Å². The molecule has 1 aromatic carbocycles. The molecule has 0 spiro atoms. The number of hydrogen-bond donors (Lipinski definition) is 3. The van der Waals surface area contributed by atoms with Crippen LogP contribution >= 0.6 is 0 Å². The van der Waals surface area contributed by atoms with Crippen LogP contribution in [0.15, 0.2) is 24.3 Å². The standard InChI is InChI=1S/C8H10N2O4S/c9-6-1-3-7(4-2-6)10-8(11)5-15(12,13)14/h1-4H,5,9H2,(H,10,11)(H,12,13,14). The zero-order valence-electron chi connectivity index (χ0n) is 7.67. The lowest BCUT2D eigenvalue weighted by Crippen LogP contribution is -2.22. The van der Waals surface area contributed by atoms with Crippen molar-refractivity contribution in [1.29, 1.82) is 0 Å². The summed E-state index contributed by atoms with van der Waals surface area (Å²) in [7, 11) is -4.29. The van der Waals surface area contributed by atoms with Gasteiger partial charge in [0.05, 0.1) is 0 Å². The van der Waals surface area contributed by atoms with E-state index in [-0.39, 0.29) is 0 Å². The number of nitrogens with one attached hydrogen (secondary N) is 1. The molecule has 0 aromatic heterocycles. The molecule has 0 radical (unpaired) electrons. The maximum absolute atomic E-state index is 11.0. The molecule has 0 unspecified atom stereocenters. The first-order valence-electron chi connectivity index (χ1n) is 3.97. The maximum atomic E-state index is 11.0. The molecule has 0 aliphatic heterocycles. The van der Waals surface area contributed by atoms with Crippen LogP contribution in [0.5, 0.6) is 0 Å². The van der Waals surface area contributed by atoms with E-state index in [0.717, 1.165) is 0 Å². The summed E-state index contributed by atoms with van der Waals surface area (Å²) >= 11 is 0. The Labute approximate surface area is 86.8 Å². The van der Waals surface area contributed by atoms with Crippen LogP contribution in [-0.2, 0) is 14.9 Å². The van der Waals surface area contributed by atoms with Crippen LogP contribution in [0.25, 0.3) is 0 Å². The van der Waals surface area contributed by atoms with Crippen molar-refractivity contribution < 1.29 is 17.8 Å². The summed E-state index contributed by atoms with van der Waals surface area (Å²) in [5, 5.41) is 2.29. The van der Waals surface area contributed by atoms with Gasteiger partial charge in [0, 0.05) is 11.4 Å². The highest BCUT2D eigenvalue weighted by molar-refractivity contribution is 7.86. The van der Waals surface area contributed by atoms with E-state index in [1.54, 1.807) is 12.1 Å². The Bertz CT molecular complexity index is 452. The number of hydrogen-bond acceptors (Lipinski definition) is 4. The topological polar surface area (TPSA) is 109 Å². The smallest absolute Gasteiger partial charge is 0.274 e. The Morgan fingerprint density at radius 2 is 1.87 bits per heavy atom. The molecule has 0 fully saturated rings. The zero-order chi connectivity index (χ0) is 11.5. The Morgan fingerprint density at radius 3 is 2.33 bits per heavy atom. The van der Waals surface area contributed by atoms with E-state index in [2.05, 4.69) is 5.32 Å². The SMILES string of the molecule is Nc1ccc(NC(=O)CS(=O)(=O)O)cc1. The molecule has 4 N–H and O–H groups in total. The van der Waals surface area contributed by atoms with Crippen molar-refractivity contribution in [3.8, 4) is 0 Å². The quantitative estimate of drug-likeness (QED) is 0.503. The number of carbonyl (C=O) groups excluding carboxylic acids is 1. The molecule has 0 aliphatic carbocycles. The van der Waals surface area contributed by atoms with Gasteiger partial charge in [0.15, 0.2) is 5.75 Å². The van der Waals surface area contributed by atoms with Gasteiger partial charge in [-0.1, -0.05) is 0 Å². The fraction of sp³-hybridized carbons (Fsp3) is 0.125. The van der Waals surface area contributed by atoms with Crippen molar-refractivity contribution in [1.82, 2.24) is 0 Å². The summed E-state index contributed by atoms with van der Waals surface area (Å²) in [5.74, 6) is -1.76. The molecule has 0 heterocycles. The van der Waals surface area contributed by atoms with E-state index >= 15 is 0 Å². The third-order valence-electron chi connectivity index (χ3n) is 1.51. The van der Waals surface area contributed by atoms with Crippen molar-refractivity contribution >= 4 is 27.4 Å². The third kappa shape index (κ3) is 4.43. The zero-order valence-corrected chi connectivity index (χ0v) is 8.49. The van der Waals surface area contributed by atoms with Gasteiger partial charge in [0.1, 0.15) is 0 Å². The predicted octanol–water partition coefficient (Wildman–Crippen LogP) is 0.0951. The molecule has 15 heavy (non-hydrogen) atoms. The summed E-state index contributed by atoms with van der Waals surface area (Å²) in [6.07, 6.45) is 0. The summed E-state index contributed by atoms with van der Waals surface area (Å²) in [5.41, 5.74) is 6.36. The van der Waals surface area contributed by atoms with E-state index in [1.807, 2.05) is 0 Å². The molecule has 7 heteroatoms. The van der Waals surface area contributed by atoms with Crippen molar-refractivity contribution in [2.75, 3.05) is 16.8 Å². The van der Waals surface area contributed by atoms with Gasteiger partial charge < -0.3 is 11.1 Å². The normalized spacial score (nSPS) is 11.0. The van der Waals surface area contributed by atoms with Crippen LogP contribution < -0.4 is 11.1 Å². The lowest BCUT2D eigenvalue weighted by Gasteiger charge is -2.03. The van der Waals surface area contributed by atoms with Crippen molar-refractivity contribution in [2.45, 2.75) is 0 Å². The maximum Gasteiger partial charge on any atom is 0.274 e. The van der Waals surface area contributed by atoms with Crippen molar-refractivity contribution in [3.05, 3.63) is 24.3 Å². The van der Waals surface area contributed by atoms with E-state index < -0.39 is 21.8 Å². The predicted molar refractivity (Wildman–Crippen MR) is 55.9 cm³/mol.